The molecule has 0 heterocycles. The lowest BCUT2D eigenvalue weighted by atomic mass is 9.88. The summed E-state index contributed by atoms with van der Waals surface area (Å²) >= 11 is 0. The molecule has 0 fully saturated rings. The molecule has 0 bridgehead atoms. The van der Waals surface area contributed by atoms with Crippen LogP contribution in [0.1, 0.15) is 76.7 Å². The van der Waals surface area contributed by atoms with Crippen LogP contribution in [0.3, 0.4) is 0 Å². The first kappa shape index (κ1) is 18.9. The summed E-state index contributed by atoms with van der Waals surface area (Å²) in [6, 6.07) is 6.57. The number of hydrogen-bond acceptors (Lipinski definition) is 1. The van der Waals surface area contributed by atoms with Crippen LogP contribution in [0.2, 0.25) is 0 Å². The fourth-order valence-electron chi connectivity index (χ4n) is 2.83. The van der Waals surface area contributed by atoms with E-state index >= 15 is 0 Å². The summed E-state index contributed by atoms with van der Waals surface area (Å²) in [6.07, 6.45) is 3.99. The SMILES string of the molecule is CCCCCCCC(CCC)c1ccccc1OC(F)(F)F. The van der Waals surface area contributed by atoms with Gasteiger partial charge in [-0.05, 0) is 30.4 Å². The van der Waals surface area contributed by atoms with E-state index in [1.807, 2.05) is 0 Å². The summed E-state index contributed by atoms with van der Waals surface area (Å²) < 4.78 is 41.8. The van der Waals surface area contributed by atoms with Gasteiger partial charge in [-0.15, -0.1) is 13.2 Å². The van der Waals surface area contributed by atoms with Gasteiger partial charge in [0.05, 0.1) is 0 Å². The summed E-state index contributed by atoms with van der Waals surface area (Å²) in [5, 5.41) is 0. The normalized spacial score (nSPS) is 13.1. The van der Waals surface area contributed by atoms with Crippen molar-refractivity contribution in [2.75, 3.05) is 0 Å². The minimum atomic E-state index is -4.63. The molecule has 0 aliphatic heterocycles. The molecule has 0 radical (unpaired) electrons. The smallest absolute Gasteiger partial charge is 0.405 e. The highest BCUT2D eigenvalue weighted by molar-refractivity contribution is 5.36. The second-order valence-electron chi connectivity index (χ2n) is 5.77. The van der Waals surface area contributed by atoms with E-state index < -0.39 is 6.36 Å². The first-order valence-electron chi connectivity index (χ1n) is 8.32. The highest BCUT2D eigenvalue weighted by Gasteiger charge is 2.32. The zero-order chi connectivity index (χ0) is 16.4. The molecule has 0 aliphatic rings. The molecular weight excluding hydrogens is 289 g/mol. The van der Waals surface area contributed by atoms with Crippen LogP contribution in [0.25, 0.3) is 0 Å². The van der Waals surface area contributed by atoms with Crippen molar-refractivity contribution >= 4 is 0 Å². The summed E-state index contributed by atoms with van der Waals surface area (Å²) in [7, 11) is 0. The highest BCUT2D eigenvalue weighted by atomic mass is 19.4. The number of rotatable bonds is 10. The van der Waals surface area contributed by atoms with E-state index in [4.69, 9.17) is 0 Å². The second-order valence-corrected chi connectivity index (χ2v) is 5.77. The average Bonchev–Trinajstić information content (AvgIpc) is 2.45. The third-order valence-corrected chi connectivity index (χ3v) is 3.88. The number of hydrogen-bond donors (Lipinski definition) is 0. The zero-order valence-corrected chi connectivity index (χ0v) is 13.6. The third-order valence-electron chi connectivity index (χ3n) is 3.88. The molecule has 22 heavy (non-hydrogen) atoms. The predicted molar refractivity (Wildman–Crippen MR) is 84.2 cm³/mol. The Morgan fingerprint density at radius 1 is 0.909 bits per heavy atom. The van der Waals surface area contributed by atoms with Gasteiger partial charge in [-0.3, -0.25) is 0 Å². The topological polar surface area (TPSA) is 9.23 Å². The number of halogens is 3. The number of unbranched alkanes of at least 4 members (excludes halogenated alkanes) is 4. The van der Waals surface area contributed by atoms with E-state index in [-0.39, 0.29) is 11.7 Å². The molecule has 1 unspecified atom stereocenters. The first-order valence-corrected chi connectivity index (χ1v) is 8.32. The lowest BCUT2D eigenvalue weighted by molar-refractivity contribution is -0.275. The summed E-state index contributed by atoms with van der Waals surface area (Å²) in [4.78, 5) is 0. The Morgan fingerprint density at radius 2 is 1.59 bits per heavy atom. The molecule has 0 spiro atoms. The Balaban J connectivity index is 2.73. The number of ether oxygens (including phenoxy) is 1. The van der Waals surface area contributed by atoms with Gasteiger partial charge < -0.3 is 4.74 Å². The van der Waals surface area contributed by atoms with E-state index in [0.717, 1.165) is 32.1 Å². The third kappa shape index (κ3) is 7.19. The average molecular weight is 316 g/mol. The van der Waals surface area contributed by atoms with Crippen molar-refractivity contribution in [3.63, 3.8) is 0 Å². The molecule has 1 atom stereocenters. The zero-order valence-electron chi connectivity index (χ0n) is 13.6. The molecule has 1 rings (SSSR count). The van der Waals surface area contributed by atoms with Gasteiger partial charge in [-0.2, -0.15) is 0 Å². The van der Waals surface area contributed by atoms with E-state index in [0.29, 0.717) is 5.56 Å². The largest absolute Gasteiger partial charge is 0.573 e. The maximum Gasteiger partial charge on any atom is 0.573 e. The molecule has 1 aromatic carbocycles. The molecule has 4 heteroatoms. The van der Waals surface area contributed by atoms with Gasteiger partial charge in [0.25, 0.3) is 0 Å². The molecule has 1 aromatic rings. The van der Waals surface area contributed by atoms with Crippen molar-refractivity contribution in [2.24, 2.45) is 0 Å². The molecule has 126 valence electrons. The molecule has 0 amide bonds. The second kappa shape index (κ2) is 9.75. The first-order chi connectivity index (χ1) is 10.5. The highest BCUT2D eigenvalue weighted by Crippen LogP contribution is 2.36. The van der Waals surface area contributed by atoms with E-state index in [1.54, 1.807) is 18.2 Å². The van der Waals surface area contributed by atoms with Crippen LogP contribution in [0.4, 0.5) is 13.2 Å². The molecule has 0 aliphatic carbocycles. The summed E-state index contributed by atoms with van der Waals surface area (Å²) in [6.45, 7) is 4.24. The molecule has 0 N–H and O–H groups in total. The van der Waals surface area contributed by atoms with Crippen LogP contribution in [0.15, 0.2) is 24.3 Å². The van der Waals surface area contributed by atoms with Crippen LogP contribution in [0.5, 0.6) is 5.75 Å². The summed E-state index contributed by atoms with van der Waals surface area (Å²) in [5.74, 6) is 0.104. The van der Waals surface area contributed by atoms with Crippen LogP contribution >= 0.6 is 0 Å². The van der Waals surface area contributed by atoms with E-state index in [2.05, 4.69) is 18.6 Å². The van der Waals surface area contributed by atoms with Gasteiger partial charge in [0.15, 0.2) is 0 Å². The molecule has 0 saturated carbocycles. The van der Waals surface area contributed by atoms with Crippen molar-refractivity contribution in [3.8, 4) is 5.75 Å². The maximum absolute atomic E-state index is 12.5. The molecule has 1 nitrogen and oxygen atoms in total. The molecule has 0 saturated heterocycles. The Bertz CT molecular complexity index is 415. The van der Waals surface area contributed by atoms with Crippen molar-refractivity contribution in [2.45, 2.75) is 77.5 Å². The minimum absolute atomic E-state index is 0.0398. The number of benzene rings is 1. The van der Waals surface area contributed by atoms with Gasteiger partial charge in [0.1, 0.15) is 5.75 Å². The van der Waals surface area contributed by atoms with Gasteiger partial charge >= 0.3 is 6.36 Å². The van der Waals surface area contributed by atoms with Crippen molar-refractivity contribution < 1.29 is 17.9 Å². The van der Waals surface area contributed by atoms with Crippen LogP contribution < -0.4 is 4.74 Å². The number of para-hydroxylation sites is 1. The van der Waals surface area contributed by atoms with Crippen LogP contribution in [0, 0.1) is 0 Å². The quantitative estimate of drug-likeness (QED) is 0.430. The van der Waals surface area contributed by atoms with E-state index in [1.165, 1.54) is 25.3 Å². The van der Waals surface area contributed by atoms with Crippen molar-refractivity contribution in [1.29, 1.82) is 0 Å². The monoisotopic (exact) mass is 316 g/mol. The summed E-state index contributed by atoms with van der Waals surface area (Å²) in [5.41, 5.74) is 0.692. The minimum Gasteiger partial charge on any atom is -0.405 e. The molecule has 0 aromatic heterocycles. The Hall–Kier alpha value is -1.19. The van der Waals surface area contributed by atoms with Crippen LogP contribution in [-0.2, 0) is 0 Å². The van der Waals surface area contributed by atoms with Gasteiger partial charge in [0, 0.05) is 0 Å². The Morgan fingerprint density at radius 3 is 2.23 bits per heavy atom. The predicted octanol–water partition coefficient (Wildman–Crippen LogP) is 6.83. The Labute approximate surface area is 131 Å². The lowest BCUT2D eigenvalue weighted by Crippen LogP contribution is -2.18. The van der Waals surface area contributed by atoms with Crippen LogP contribution in [-0.4, -0.2) is 6.36 Å². The Kier molecular flexibility index (Phi) is 8.36. The lowest BCUT2D eigenvalue weighted by Gasteiger charge is -2.21. The molecular formula is C18H27F3O. The van der Waals surface area contributed by atoms with E-state index in [9.17, 15) is 13.2 Å². The fourth-order valence-corrected chi connectivity index (χ4v) is 2.83. The van der Waals surface area contributed by atoms with Gasteiger partial charge in [-0.1, -0.05) is 70.6 Å². The van der Waals surface area contributed by atoms with Crippen molar-refractivity contribution in [3.05, 3.63) is 29.8 Å². The van der Waals surface area contributed by atoms with Gasteiger partial charge in [-0.25, -0.2) is 0 Å². The standard InChI is InChI=1S/C18H27F3O/c1-3-5-6-7-8-12-15(11-4-2)16-13-9-10-14-17(16)22-18(19,20)21/h9-10,13-15H,3-8,11-12H2,1-2H3. The van der Waals surface area contributed by atoms with Crippen molar-refractivity contribution in [1.82, 2.24) is 0 Å². The fraction of sp³-hybridized carbons (Fsp3) is 0.667. The number of alkyl halides is 3. The maximum atomic E-state index is 12.5. The van der Waals surface area contributed by atoms with Gasteiger partial charge in [0.2, 0.25) is 0 Å².